The molecule has 3 atom stereocenters. The van der Waals surface area contributed by atoms with Crippen LogP contribution in [-0.2, 0) is 4.74 Å². The topological polar surface area (TPSA) is 35.2 Å². The summed E-state index contributed by atoms with van der Waals surface area (Å²) in [6.07, 6.45) is 7.17. The molecule has 0 aromatic rings. The molecule has 2 rings (SSSR count). The zero-order valence-electron chi connectivity index (χ0n) is 7.83. The van der Waals surface area contributed by atoms with Gasteiger partial charge in [0, 0.05) is 6.04 Å². The van der Waals surface area contributed by atoms with Crippen molar-refractivity contribution in [3.05, 3.63) is 0 Å². The van der Waals surface area contributed by atoms with E-state index < -0.39 is 0 Å². The van der Waals surface area contributed by atoms with Crippen LogP contribution in [0.2, 0.25) is 0 Å². The quantitative estimate of drug-likeness (QED) is 0.697. The van der Waals surface area contributed by atoms with E-state index in [1.54, 1.807) is 0 Å². The number of ether oxygens (including phenoxy) is 1. The lowest BCUT2D eigenvalue weighted by atomic mass is 10.0. The Balaban J connectivity index is 1.74. The molecular weight excluding hydrogens is 150 g/mol. The Hall–Kier alpha value is -0.0800. The highest BCUT2D eigenvalue weighted by Crippen LogP contribution is 2.35. The Morgan fingerprint density at radius 2 is 2.08 bits per heavy atom. The molecule has 1 saturated heterocycles. The van der Waals surface area contributed by atoms with Crippen LogP contribution in [0.5, 0.6) is 0 Å². The summed E-state index contributed by atoms with van der Waals surface area (Å²) in [5.41, 5.74) is 6.06. The molecule has 1 saturated carbocycles. The minimum absolute atomic E-state index is 0.308. The van der Waals surface area contributed by atoms with Crippen LogP contribution in [0.1, 0.15) is 39.0 Å². The van der Waals surface area contributed by atoms with E-state index in [-0.39, 0.29) is 0 Å². The smallest absolute Gasteiger partial charge is 0.0730 e. The second-order valence-electron chi connectivity index (χ2n) is 4.41. The Kier molecular flexibility index (Phi) is 2.37. The molecule has 0 aromatic heterocycles. The van der Waals surface area contributed by atoms with Crippen molar-refractivity contribution in [2.45, 2.75) is 57.3 Å². The monoisotopic (exact) mass is 169 g/mol. The first kappa shape index (κ1) is 8.52. The van der Waals surface area contributed by atoms with Crippen LogP contribution < -0.4 is 5.73 Å². The summed E-state index contributed by atoms with van der Waals surface area (Å²) in [7, 11) is 0. The number of rotatable bonds is 3. The van der Waals surface area contributed by atoms with Gasteiger partial charge in [-0.15, -0.1) is 0 Å². The first-order valence-electron chi connectivity index (χ1n) is 5.16. The maximum atomic E-state index is 6.06. The zero-order valence-corrected chi connectivity index (χ0v) is 7.83. The number of hydrogen-bond acceptors (Lipinski definition) is 2. The molecule has 0 amide bonds. The maximum Gasteiger partial charge on any atom is 0.0730 e. The molecule has 0 bridgehead atoms. The summed E-state index contributed by atoms with van der Waals surface area (Å²) < 4.78 is 5.73. The molecule has 1 heterocycles. The zero-order chi connectivity index (χ0) is 8.55. The largest absolute Gasteiger partial charge is 0.374 e. The van der Waals surface area contributed by atoms with Gasteiger partial charge in [0.1, 0.15) is 0 Å². The van der Waals surface area contributed by atoms with Crippen molar-refractivity contribution < 1.29 is 4.74 Å². The maximum absolute atomic E-state index is 6.06. The van der Waals surface area contributed by atoms with Gasteiger partial charge in [-0.25, -0.2) is 0 Å². The van der Waals surface area contributed by atoms with Crippen LogP contribution >= 0.6 is 0 Å². The van der Waals surface area contributed by atoms with E-state index in [1.807, 2.05) is 0 Å². The van der Waals surface area contributed by atoms with Crippen molar-refractivity contribution in [2.75, 3.05) is 0 Å². The molecule has 2 heteroatoms. The SMILES string of the molecule is CC1CCC(C(N)CC2CC2)O1. The lowest BCUT2D eigenvalue weighted by Crippen LogP contribution is -2.35. The Labute approximate surface area is 74.5 Å². The van der Waals surface area contributed by atoms with E-state index in [0.717, 1.165) is 5.92 Å². The average Bonchev–Trinajstić information content (AvgIpc) is 2.72. The minimum atomic E-state index is 0.308. The lowest BCUT2D eigenvalue weighted by molar-refractivity contribution is 0.0376. The molecule has 2 nitrogen and oxygen atoms in total. The van der Waals surface area contributed by atoms with Crippen molar-refractivity contribution in [1.82, 2.24) is 0 Å². The Morgan fingerprint density at radius 1 is 1.33 bits per heavy atom. The minimum Gasteiger partial charge on any atom is -0.374 e. The van der Waals surface area contributed by atoms with Gasteiger partial charge in [-0.05, 0) is 32.1 Å². The van der Waals surface area contributed by atoms with Crippen molar-refractivity contribution in [1.29, 1.82) is 0 Å². The molecule has 0 aromatic carbocycles. The highest BCUT2D eigenvalue weighted by atomic mass is 16.5. The van der Waals surface area contributed by atoms with Gasteiger partial charge in [0.2, 0.25) is 0 Å². The van der Waals surface area contributed by atoms with E-state index in [0.29, 0.717) is 18.2 Å². The first-order chi connectivity index (χ1) is 5.75. The molecule has 2 fully saturated rings. The molecular formula is C10H19NO. The van der Waals surface area contributed by atoms with E-state index in [1.165, 1.54) is 32.1 Å². The Bertz CT molecular complexity index is 156. The molecule has 2 aliphatic rings. The highest BCUT2D eigenvalue weighted by Gasteiger charge is 2.31. The second kappa shape index (κ2) is 3.35. The van der Waals surface area contributed by atoms with Crippen molar-refractivity contribution in [3.8, 4) is 0 Å². The predicted octanol–water partition coefficient (Wildman–Crippen LogP) is 1.68. The highest BCUT2D eigenvalue weighted by molar-refractivity contribution is 4.85. The van der Waals surface area contributed by atoms with Gasteiger partial charge < -0.3 is 10.5 Å². The molecule has 1 aliphatic carbocycles. The molecule has 0 radical (unpaired) electrons. The molecule has 0 spiro atoms. The molecule has 2 N–H and O–H groups in total. The normalized spacial score (nSPS) is 38.5. The summed E-state index contributed by atoms with van der Waals surface area (Å²) in [6.45, 7) is 2.14. The van der Waals surface area contributed by atoms with Gasteiger partial charge in [-0.2, -0.15) is 0 Å². The van der Waals surface area contributed by atoms with Crippen molar-refractivity contribution in [2.24, 2.45) is 11.7 Å². The molecule has 12 heavy (non-hydrogen) atoms. The van der Waals surface area contributed by atoms with Gasteiger partial charge in [0.25, 0.3) is 0 Å². The predicted molar refractivity (Wildman–Crippen MR) is 48.9 cm³/mol. The number of nitrogens with two attached hydrogens (primary N) is 1. The third kappa shape index (κ3) is 1.99. The second-order valence-corrected chi connectivity index (χ2v) is 4.41. The van der Waals surface area contributed by atoms with Crippen LogP contribution in [0.4, 0.5) is 0 Å². The van der Waals surface area contributed by atoms with Crippen LogP contribution in [-0.4, -0.2) is 18.2 Å². The summed E-state index contributed by atoms with van der Waals surface area (Å²) in [4.78, 5) is 0. The van der Waals surface area contributed by atoms with Gasteiger partial charge >= 0.3 is 0 Å². The van der Waals surface area contributed by atoms with Gasteiger partial charge in [-0.1, -0.05) is 12.8 Å². The van der Waals surface area contributed by atoms with Crippen molar-refractivity contribution >= 4 is 0 Å². The van der Waals surface area contributed by atoms with Crippen LogP contribution in [0.15, 0.2) is 0 Å². The van der Waals surface area contributed by atoms with Crippen LogP contribution in [0.3, 0.4) is 0 Å². The third-order valence-electron chi connectivity index (χ3n) is 3.04. The fraction of sp³-hybridized carbons (Fsp3) is 1.00. The van der Waals surface area contributed by atoms with E-state index >= 15 is 0 Å². The summed E-state index contributed by atoms with van der Waals surface area (Å²) in [5.74, 6) is 0.930. The lowest BCUT2D eigenvalue weighted by Gasteiger charge is -2.18. The van der Waals surface area contributed by atoms with E-state index in [2.05, 4.69) is 6.92 Å². The van der Waals surface area contributed by atoms with Gasteiger partial charge in [0.05, 0.1) is 12.2 Å². The standard InChI is InChI=1S/C10H19NO/c1-7-2-5-10(12-7)9(11)6-8-3-4-8/h7-10H,2-6,11H2,1H3. The fourth-order valence-electron chi connectivity index (χ4n) is 2.04. The molecule has 3 unspecified atom stereocenters. The average molecular weight is 169 g/mol. The van der Waals surface area contributed by atoms with Crippen LogP contribution in [0, 0.1) is 5.92 Å². The summed E-state index contributed by atoms with van der Waals surface area (Å²) in [6, 6.07) is 0.308. The van der Waals surface area contributed by atoms with E-state index in [4.69, 9.17) is 10.5 Å². The first-order valence-corrected chi connectivity index (χ1v) is 5.16. The number of hydrogen-bond donors (Lipinski definition) is 1. The van der Waals surface area contributed by atoms with Gasteiger partial charge in [0.15, 0.2) is 0 Å². The van der Waals surface area contributed by atoms with E-state index in [9.17, 15) is 0 Å². The van der Waals surface area contributed by atoms with Crippen molar-refractivity contribution in [3.63, 3.8) is 0 Å². The fourth-order valence-corrected chi connectivity index (χ4v) is 2.04. The van der Waals surface area contributed by atoms with Crippen LogP contribution in [0.25, 0.3) is 0 Å². The molecule has 70 valence electrons. The molecule has 1 aliphatic heterocycles. The van der Waals surface area contributed by atoms with Gasteiger partial charge in [-0.3, -0.25) is 0 Å². The summed E-state index contributed by atoms with van der Waals surface area (Å²) in [5, 5.41) is 0. The third-order valence-corrected chi connectivity index (χ3v) is 3.04. The summed E-state index contributed by atoms with van der Waals surface area (Å²) >= 11 is 0. The Morgan fingerprint density at radius 3 is 2.58 bits per heavy atom.